The number of nitrogens with zero attached hydrogens (tertiary/aromatic N) is 1. The Hall–Kier alpha value is -1.07. The largest absolute Gasteiger partial charge is 0.481 e. The minimum Gasteiger partial charge on any atom is -0.481 e. The van der Waals surface area contributed by atoms with Gasteiger partial charge in [-0.1, -0.05) is 34.1 Å². The zero-order valence-electron chi connectivity index (χ0n) is 7.57. The first-order valence-corrected chi connectivity index (χ1v) is 5.08. The molecular formula is C9H7BrClNO3. The number of hydrogen-bond acceptors (Lipinski definition) is 3. The van der Waals surface area contributed by atoms with Gasteiger partial charge in [-0.3, -0.25) is 10.1 Å². The van der Waals surface area contributed by atoms with Crippen molar-refractivity contribution in [2.24, 2.45) is 0 Å². The van der Waals surface area contributed by atoms with E-state index in [-0.39, 0.29) is 18.0 Å². The smallest absolute Gasteiger partial charge is 0.311 e. The van der Waals surface area contributed by atoms with E-state index in [2.05, 4.69) is 22.5 Å². The van der Waals surface area contributed by atoms with Gasteiger partial charge in [0.25, 0.3) is 0 Å². The van der Waals surface area contributed by atoms with Crippen molar-refractivity contribution < 1.29 is 9.66 Å². The highest BCUT2D eigenvalue weighted by Crippen LogP contribution is 2.30. The molecule has 0 amide bonds. The van der Waals surface area contributed by atoms with E-state index in [1.165, 1.54) is 18.2 Å². The zero-order chi connectivity index (χ0) is 11.4. The summed E-state index contributed by atoms with van der Waals surface area (Å²) >= 11 is 8.79. The van der Waals surface area contributed by atoms with Gasteiger partial charge in [0.1, 0.15) is 6.61 Å². The Labute approximate surface area is 99.8 Å². The highest BCUT2D eigenvalue weighted by Gasteiger charge is 2.15. The molecule has 0 radical (unpaired) electrons. The number of hydrogen-bond donors (Lipinski definition) is 0. The molecule has 0 unspecified atom stereocenters. The topological polar surface area (TPSA) is 52.4 Å². The molecular weight excluding hydrogens is 285 g/mol. The molecule has 0 aliphatic carbocycles. The van der Waals surface area contributed by atoms with Gasteiger partial charge in [-0.15, -0.1) is 0 Å². The van der Waals surface area contributed by atoms with Gasteiger partial charge in [0.15, 0.2) is 5.75 Å². The van der Waals surface area contributed by atoms with Crippen molar-refractivity contribution in [3.63, 3.8) is 0 Å². The van der Waals surface area contributed by atoms with Crippen LogP contribution in [0.3, 0.4) is 0 Å². The molecule has 0 aliphatic rings. The van der Waals surface area contributed by atoms with E-state index in [0.29, 0.717) is 9.51 Å². The lowest BCUT2D eigenvalue weighted by Crippen LogP contribution is -1.99. The molecule has 0 saturated carbocycles. The lowest BCUT2D eigenvalue weighted by molar-refractivity contribution is -0.385. The summed E-state index contributed by atoms with van der Waals surface area (Å²) in [5.74, 6) is 0.133. The average Bonchev–Trinajstić information content (AvgIpc) is 2.14. The lowest BCUT2D eigenvalue weighted by Gasteiger charge is -2.05. The van der Waals surface area contributed by atoms with Crippen LogP contribution in [0.15, 0.2) is 29.3 Å². The first kappa shape index (κ1) is 12.0. The molecule has 1 aromatic rings. The number of ether oxygens (including phenoxy) is 1. The summed E-state index contributed by atoms with van der Waals surface area (Å²) in [6, 6.07) is 4.14. The van der Waals surface area contributed by atoms with E-state index in [0.717, 1.165) is 0 Å². The summed E-state index contributed by atoms with van der Waals surface area (Å²) < 4.78 is 5.76. The summed E-state index contributed by atoms with van der Waals surface area (Å²) in [7, 11) is 0. The SMILES string of the molecule is C=C(Br)COc1cc(Cl)ccc1[N+](=O)[O-]. The first-order valence-electron chi connectivity index (χ1n) is 3.90. The summed E-state index contributed by atoms with van der Waals surface area (Å²) in [5, 5.41) is 11.0. The number of rotatable bonds is 4. The van der Waals surface area contributed by atoms with Crippen LogP contribution in [0.2, 0.25) is 5.02 Å². The van der Waals surface area contributed by atoms with Gasteiger partial charge in [0, 0.05) is 21.6 Å². The molecule has 0 saturated heterocycles. The third-order valence-corrected chi connectivity index (χ3v) is 1.97. The van der Waals surface area contributed by atoms with E-state index in [1.54, 1.807) is 0 Å². The van der Waals surface area contributed by atoms with Crippen molar-refractivity contribution in [1.29, 1.82) is 0 Å². The second-order valence-electron chi connectivity index (χ2n) is 2.68. The molecule has 0 atom stereocenters. The third-order valence-electron chi connectivity index (χ3n) is 1.50. The van der Waals surface area contributed by atoms with Crippen LogP contribution in [-0.4, -0.2) is 11.5 Å². The van der Waals surface area contributed by atoms with Gasteiger partial charge >= 0.3 is 5.69 Å². The second-order valence-corrected chi connectivity index (χ2v) is 4.23. The molecule has 1 rings (SSSR count). The molecule has 15 heavy (non-hydrogen) atoms. The first-order chi connectivity index (χ1) is 7.00. The van der Waals surface area contributed by atoms with E-state index in [1.807, 2.05) is 0 Å². The fourth-order valence-electron chi connectivity index (χ4n) is 0.910. The Morgan fingerprint density at radius 2 is 2.33 bits per heavy atom. The molecule has 0 spiro atoms. The molecule has 80 valence electrons. The van der Waals surface area contributed by atoms with Crippen molar-refractivity contribution in [3.05, 3.63) is 44.4 Å². The Morgan fingerprint density at radius 1 is 1.67 bits per heavy atom. The molecule has 0 aromatic heterocycles. The molecule has 0 fully saturated rings. The number of nitro benzene ring substituents is 1. The average molecular weight is 293 g/mol. The minimum atomic E-state index is -0.525. The van der Waals surface area contributed by atoms with Crippen molar-refractivity contribution in [1.82, 2.24) is 0 Å². The van der Waals surface area contributed by atoms with Crippen LogP contribution >= 0.6 is 27.5 Å². The maximum absolute atomic E-state index is 10.6. The number of benzene rings is 1. The summed E-state index contributed by atoms with van der Waals surface area (Å²) in [6.07, 6.45) is 0. The fourth-order valence-corrected chi connectivity index (χ4v) is 1.19. The second kappa shape index (κ2) is 5.14. The third kappa shape index (κ3) is 3.53. The van der Waals surface area contributed by atoms with Gasteiger partial charge in [0.05, 0.1) is 4.92 Å². The van der Waals surface area contributed by atoms with Crippen LogP contribution < -0.4 is 4.74 Å². The van der Waals surface area contributed by atoms with Crippen LogP contribution in [0.4, 0.5) is 5.69 Å². The van der Waals surface area contributed by atoms with Gasteiger partial charge in [0.2, 0.25) is 0 Å². The van der Waals surface area contributed by atoms with E-state index in [4.69, 9.17) is 16.3 Å². The highest BCUT2D eigenvalue weighted by molar-refractivity contribution is 9.11. The Bertz CT molecular complexity index is 408. The van der Waals surface area contributed by atoms with Crippen LogP contribution in [0.25, 0.3) is 0 Å². The van der Waals surface area contributed by atoms with Gasteiger partial charge in [-0.05, 0) is 6.07 Å². The Balaban J connectivity index is 2.96. The summed E-state index contributed by atoms with van der Waals surface area (Å²) in [5.41, 5.74) is -0.117. The van der Waals surface area contributed by atoms with Crippen LogP contribution in [0.5, 0.6) is 5.75 Å². The molecule has 0 N–H and O–H groups in total. The van der Waals surface area contributed by atoms with Crippen molar-refractivity contribution >= 4 is 33.2 Å². The van der Waals surface area contributed by atoms with Crippen molar-refractivity contribution in [2.75, 3.05) is 6.61 Å². The van der Waals surface area contributed by atoms with Crippen LogP contribution in [0.1, 0.15) is 0 Å². The maximum atomic E-state index is 10.6. The van der Waals surface area contributed by atoms with Gasteiger partial charge < -0.3 is 4.74 Å². The number of halogens is 2. The van der Waals surface area contributed by atoms with E-state index >= 15 is 0 Å². The zero-order valence-corrected chi connectivity index (χ0v) is 9.92. The molecule has 0 heterocycles. The predicted molar refractivity (Wildman–Crippen MR) is 61.7 cm³/mol. The minimum absolute atomic E-state index is 0.117. The lowest BCUT2D eigenvalue weighted by atomic mass is 10.3. The summed E-state index contributed by atoms with van der Waals surface area (Å²) in [4.78, 5) is 10.1. The monoisotopic (exact) mass is 291 g/mol. The Kier molecular flexibility index (Phi) is 4.11. The normalized spacial score (nSPS) is 9.73. The highest BCUT2D eigenvalue weighted by atomic mass is 79.9. The number of nitro groups is 1. The van der Waals surface area contributed by atoms with Crippen LogP contribution in [-0.2, 0) is 0 Å². The van der Waals surface area contributed by atoms with Crippen molar-refractivity contribution in [3.8, 4) is 5.75 Å². The fraction of sp³-hybridized carbons (Fsp3) is 0.111. The van der Waals surface area contributed by atoms with E-state index in [9.17, 15) is 10.1 Å². The van der Waals surface area contributed by atoms with Crippen molar-refractivity contribution in [2.45, 2.75) is 0 Å². The molecule has 0 aliphatic heterocycles. The molecule has 6 heteroatoms. The van der Waals surface area contributed by atoms with Gasteiger partial charge in [-0.2, -0.15) is 0 Å². The standard InChI is InChI=1S/C9H7BrClNO3/c1-6(10)5-15-9-4-7(11)2-3-8(9)12(13)14/h2-4H,1,5H2. The quantitative estimate of drug-likeness (QED) is 0.630. The van der Waals surface area contributed by atoms with Gasteiger partial charge in [-0.25, -0.2) is 0 Å². The molecule has 1 aromatic carbocycles. The van der Waals surface area contributed by atoms with Crippen LogP contribution in [0, 0.1) is 10.1 Å². The van der Waals surface area contributed by atoms with E-state index < -0.39 is 4.92 Å². The molecule has 0 bridgehead atoms. The Morgan fingerprint density at radius 3 is 2.87 bits per heavy atom. The predicted octanol–water partition coefficient (Wildman–Crippen LogP) is 3.54. The maximum Gasteiger partial charge on any atom is 0.311 e. The molecule has 4 nitrogen and oxygen atoms in total. The summed E-state index contributed by atoms with van der Waals surface area (Å²) in [6.45, 7) is 3.71.